The fraction of sp³-hybridized carbons (Fsp3) is 0.316. The summed E-state index contributed by atoms with van der Waals surface area (Å²) in [5.41, 5.74) is 1.66. The van der Waals surface area contributed by atoms with E-state index in [0.29, 0.717) is 10.6 Å². The van der Waals surface area contributed by atoms with E-state index < -0.39 is 11.9 Å². The molecule has 1 amide bonds. The summed E-state index contributed by atoms with van der Waals surface area (Å²) in [6.45, 7) is 1.93. The van der Waals surface area contributed by atoms with E-state index >= 15 is 0 Å². The maximum atomic E-state index is 12.5. The Morgan fingerprint density at radius 1 is 1.37 bits per heavy atom. The number of amides is 1. The predicted molar refractivity (Wildman–Crippen MR) is 103 cm³/mol. The highest BCUT2D eigenvalue weighted by atomic mass is 32.1. The number of thiophene rings is 1. The van der Waals surface area contributed by atoms with E-state index in [2.05, 4.69) is 10.4 Å². The van der Waals surface area contributed by atoms with Gasteiger partial charge in [-0.05, 0) is 31.0 Å². The van der Waals surface area contributed by atoms with Crippen LogP contribution in [0.5, 0.6) is 5.75 Å². The standard InChI is InChI=1S/C19H21N3O4S/c1-11-14-9-16(27-18(14)22(2)21-11)17(23)20-10-13(19(24)25)8-12-6-4-5-7-15(12)26-3/h4-7,9,13H,8,10H2,1-3H3,(H,20,23)(H,24,25). The molecule has 2 N–H and O–H groups in total. The number of aryl methyl sites for hydroxylation is 2. The number of benzene rings is 1. The minimum atomic E-state index is -0.961. The molecule has 0 aliphatic heterocycles. The summed E-state index contributed by atoms with van der Waals surface area (Å²) in [4.78, 5) is 25.6. The van der Waals surface area contributed by atoms with E-state index in [1.807, 2.05) is 32.2 Å². The van der Waals surface area contributed by atoms with E-state index in [0.717, 1.165) is 21.5 Å². The van der Waals surface area contributed by atoms with Crippen molar-refractivity contribution in [3.05, 3.63) is 46.5 Å². The van der Waals surface area contributed by atoms with Crippen LogP contribution in [0.4, 0.5) is 0 Å². The van der Waals surface area contributed by atoms with E-state index in [9.17, 15) is 14.7 Å². The van der Waals surface area contributed by atoms with Crippen LogP contribution in [0.3, 0.4) is 0 Å². The zero-order valence-electron chi connectivity index (χ0n) is 15.4. The van der Waals surface area contributed by atoms with Crippen molar-refractivity contribution in [1.29, 1.82) is 0 Å². The molecule has 0 fully saturated rings. The van der Waals surface area contributed by atoms with Crippen LogP contribution in [-0.4, -0.2) is 40.4 Å². The summed E-state index contributed by atoms with van der Waals surface area (Å²) < 4.78 is 7.03. The molecule has 7 nitrogen and oxygen atoms in total. The summed E-state index contributed by atoms with van der Waals surface area (Å²) >= 11 is 1.34. The first-order valence-electron chi connectivity index (χ1n) is 8.46. The van der Waals surface area contributed by atoms with Crippen LogP contribution >= 0.6 is 11.3 Å². The van der Waals surface area contributed by atoms with Crippen molar-refractivity contribution < 1.29 is 19.4 Å². The van der Waals surface area contributed by atoms with Gasteiger partial charge in [-0.1, -0.05) is 18.2 Å². The third-order valence-electron chi connectivity index (χ3n) is 4.44. The van der Waals surface area contributed by atoms with Crippen LogP contribution in [0.2, 0.25) is 0 Å². The van der Waals surface area contributed by atoms with E-state index in [-0.39, 0.29) is 18.9 Å². The fourth-order valence-electron chi connectivity index (χ4n) is 3.00. The molecule has 0 saturated heterocycles. The number of para-hydroxylation sites is 1. The van der Waals surface area contributed by atoms with Crippen LogP contribution in [0.1, 0.15) is 20.9 Å². The molecule has 27 heavy (non-hydrogen) atoms. The molecule has 0 bridgehead atoms. The molecule has 0 aliphatic carbocycles. The molecule has 142 valence electrons. The minimum Gasteiger partial charge on any atom is -0.496 e. The Morgan fingerprint density at radius 2 is 2.11 bits per heavy atom. The van der Waals surface area contributed by atoms with Crippen molar-refractivity contribution in [2.75, 3.05) is 13.7 Å². The van der Waals surface area contributed by atoms with E-state index in [4.69, 9.17) is 4.74 Å². The van der Waals surface area contributed by atoms with Gasteiger partial charge in [0.05, 0.1) is 23.6 Å². The number of carbonyl (C=O) groups is 2. The molecule has 2 aromatic heterocycles. The molecule has 0 aliphatic rings. The molecule has 0 spiro atoms. The molecule has 1 atom stereocenters. The lowest BCUT2D eigenvalue weighted by molar-refractivity contribution is -0.141. The Balaban J connectivity index is 1.70. The second kappa shape index (κ2) is 7.79. The molecule has 1 aromatic carbocycles. The lowest BCUT2D eigenvalue weighted by Gasteiger charge is -2.15. The lowest BCUT2D eigenvalue weighted by Crippen LogP contribution is -2.33. The van der Waals surface area contributed by atoms with Gasteiger partial charge in [0.15, 0.2) is 0 Å². The second-order valence-electron chi connectivity index (χ2n) is 6.30. The first-order chi connectivity index (χ1) is 12.9. The summed E-state index contributed by atoms with van der Waals surface area (Å²) in [7, 11) is 3.38. The highest BCUT2D eigenvalue weighted by Gasteiger charge is 2.22. The van der Waals surface area contributed by atoms with Crippen LogP contribution in [0.15, 0.2) is 30.3 Å². The molecule has 8 heteroatoms. The van der Waals surface area contributed by atoms with Gasteiger partial charge in [0.25, 0.3) is 5.91 Å². The van der Waals surface area contributed by atoms with Gasteiger partial charge >= 0.3 is 5.97 Å². The van der Waals surface area contributed by atoms with Crippen LogP contribution in [-0.2, 0) is 18.3 Å². The van der Waals surface area contributed by atoms with Gasteiger partial charge in [0, 0.05) is 19.0 Å². The molecular weight excluding hydrogens is 366 g/mol. The van der Waals surface area contributed by atoms with Crippen molar-refractivity contribution in [2.45, 2.75) is 13.3 Å². The van der Waals surface area contributed by atoms with Gasteiger partial charge in [0.1, 0.15) is 10.6 Å². The largest absolute Gasteiger partial charge is 0.496 e. The monoisotopic (exact) mass is 387 g/mol. The Labute approximate surface area is 160 Å². The van der Waals surface area contributed by atoms with Gasteiger partial charge in [0.2, 0.25) is 0 Å². The average molecular weight is 387 g/mol. The van der Waals surface area contributed by atoms with E-state index in [1.165, 1.54) is 11.3 Å². The fourth-order valence-corrected chi connectivity index (χ4v) is 4.04. The Morgan fingerprint density at radius 3 is 2.78 bits per heavy atom. The van der Waals surface area contributed by atoms with Gasteiger partial charge in [-0.25, -0.2) is 0 Å². The number of aromatic nitrogens is 2. The smallest absolute Gasteiger partial charge is 0.308 e. The molecule has 2 heterocycles. The van der Waals surface area contributed by atoms with Crippen LogP contribution in [0, 0.1) is 12.8 Å². The Bertz CT molecular complexity index is 958. The number of methoxy groups -OCH3 is 1. The molecule has 0 radical (unpaired) electrons. The maximum Gasteiger partial charge on any atom is 0.308 e. The normalized spacial score (nSPS) is 12.1. The number of fused-ring (bicyclic) bond motifs is 1. The van der Waals surface area contributed by atoms with Crippen LogP contribution in [0.25, 0.3) is 10.2 Å². The van der Waals surface area contributed by atoms with Crippen molar-refractivity contribution in [1.82, 2.24) is 15.1 Å². The third-order valence-corrected chi connectivity index (χ3v) is 5.64. The summed E-state index contributed by atoms with van der Waals surface area (Å²) in [6.07, 6.45) is 0.273. The highest BCUT2D eigenvalue weighted by Crippen LogP contribution is 2.27. The number of hydrogen-bond acceptors (Lipinski definition) is 5. The first kappa shape index (κ1) is 18.9. The SMILES string of the molecule is COc1ccccc1CC(CNC(=O)c1cc2c(C)nn(C)c2s1)C(=O)O. The molecule has 0 saturated carbocycles. The highest BCUT2D eigenvalue weighted by molar-refractivity contribution is 7.20. The predicted octanol–water partition coefficient (Wildman–Crippen LogP) is 2.63. The summed E-state index contributed by atoms with van der Waals surface area (Å²) in [6, 6.07) is 9.09. The second-order valence-corrected chi connectivity index (χ2v) is 7.33. The zero-order chi connectivity index (χ0) is 19.6. The zero-order valence-corrected chi connectivity index (χ0v) is 16.2. The topological polar surface area (TPSA) is 93.5 Å². The van der Waals surface area contributed by atoms with Crippen molar-refractivity contribution in [3.63, 3.8) is 0 Å². The molecular formula is C19H21N3O4S. The van der Waals surface area contributed by atoms with Crippen molar-refractivity contribution in [3.8, 4) is 5.75 Å². The summed E-state index contributed by atoms with van der Waals surface area (Å²) in [5, 5.41) is 17.5. The third kappa shape index (κ3) is 3.95. The Kier molecular flexibility index (Phi) is 5.46. The molecule has 3 aromatic rings. The minimum absolute atomic E-state index is 0.0394. The first-order valence-corrected chi connectivity index (χ1v) is 9.28. The number of aliphatic carboxylic acids is 1. The number of carbonyl (C=O) groups excluding carboxylic acids is 1. The van der Waals surface area contributed by atoms with Gasteiger partial charge in [-0.2, -0.15) is 5.10 Å². The quantitative estimate of drug-likeness (QED) is 0.650. The number of nitrogens with zero attached hydrogens (tertiary/aromatic N) is 2. The number of carboxylic acid groups (broad SMARTS) is 1. The van der Waals surface area contributed by atoms with Crippen LogP contribution < -0.4 is 10.1 Å². The van der Waals surface area contributed by atoms with Crippen molar-refractivity contribution >= 4 is 33.4 Å². The van der Waals surface area contributed by atoms with Gasteiger partial charge in [-0.15, -0.1) is 11.3 Å². The maximum absolute atomic E-state index is 12.5. The number of hydrogen-bond donors (Lipinski definition) is 2. The molecule has 3 rings (SSSR count). The summed E-state index contributed by atoms with van der Waals surface area (Å²) in [5.74, 6) is -1.34. The average Bonchev–Trinajstić information content (AvgIpc) is 3.20. The number of nitrogens with one attached hydrogen (secondary N) is 1. The molecule has 1 unspecified atom stereocenters. The number of carboxylic acids is 1. The van der Waals surface area contributed by atoms with Gasteiger partial charge in [-0.3, -0.25) is 14.3 Å². The van der Waals surface area contributed by atoms with E-state index in [1.54, 1.807) is 23.9 Å². The van der Waals surface area contributed by atoms with Gasteiger partial charge < -0.3 is 15.2 Å². The number of rotatable bonds is 7. The number of ether oxygens (including phenoxy) is 1. The Hall–Kier alpha value is -2.87. The van der Waals surface area contributed by atoms with Crippen molar-refractivity contribution in [2.24, 2.45) is 13.0 Å². The lowest BCUT2D eigenvalue weighted by atomic mass is 9.98.